The van der Waals surface area contributed by atoms with Gasteiger partial charge in [0.15, 0.2) is 0 Å². The summed E-state index contributed by atoms with van der Waals surface area (Å²) in [5.74, 6) is -0.110. The zero-order chi connectivity index (χ0) is 17.0. The van der Waals surface area contributed by atoms with E-state index in [1.54, 1.807) is 17.0 Å². The molecule has 0 aromatic heterocycles. The summed E-state index contributed by atoms with van der Waals surface area (Å²) in [4.78, 5) is 14.4. The first kappa shape index (κ1) is 16.2. The molecule has 0 unspecified atom stereocenters. The number of carbonyl (C=O) groups is 1. The fourth-order valence-corrected chi connectivity index (χ4v) is 2.88. The molecule has 4 nitrogen and oxygen atoms in total. The van der Waals surface area contributed by atoms with Gasteiger partial charge in [0.2, 0.25) is 0 Å². The molecule has 1 aliphatic carbocycles. The normalized spacial score (nSPS) is 14.7. The number of aliphatic hydroxyl groups is 1. The van der Waals surface area contributed by atoms with Crippen molar-refractivity contribution in [3.63, 3.8) is 0 Å². The van der Waals surface area contributed by atoms with Gasteiger partial charge in [-0.25, -0.2) is 0 Å². The predicted octanol–water partition coefficient (Wildman–Crippen LogP) is 2.88. The topological polar surface area (TPSA) is 64.3 Å². The smallest absolute Gasteiger partial charge is 0.254 e. The van der Waals surface area contributed by atoms with Crippen LogP contribution in [-0.2, 0) is 12.0 Å². The van der Waals surface area contributed by atoms with Crippen molar-refractivity contribution < 1.29 is 9.90 Å². The van der Waals surface area contributed by atoms with Gasteiger partial charge >= 0.3 is 0 Å². The van der Waals surface area contributed by atoms with Gasteiger partial charge in [-0.3, -0.25) is 4.79 Å². The lowest BCUT2D eigenvalue weighted by Gasteiger charge is -2.22. The summed E-state index contributed by atoms with van der Waals surface area (Å²) in [5, 5.41) is 18.5. The van der Waals surface area contributed by atoms with Crippen molar-refractivity contribution in [2.45, 2.75) is 24.8 Å². The van der Waals surface area contributed by atoms with E-state index in [-0.39, 0.29) is 24.5 Å². The van der Waals surface area contributed by atoms with E-state index in [1.807, 2.05) is 42.5 Å². The van der Waals surface area contributed by atoms with Gasteiger partial charge in [0.05, 0.1) is 18.1 Å². The van der Waals surface area contributed by atoms with Gasteiger partial charge in [-0.1, -0.05) is 42.5 Å². The molecule has 0 spiro atoms. The fraction of sp³-hybridized carbons (Fsp3) is 0.300. The van der Waals surface area contributed by atoms with Gasteiger partial charge in [-0.15, -0.1) is 0 Å². The lowest BCUT2D eigenvalue weighted by Crippen LogP contribution is -2.33. The number of nitriles is 1. The maximum atomic E-state index is 12.7. The minimum absolute atomic E-state index is 0.0752. The summed E-state index contributed by atoms with van der Waals surface area (Å²) < 4.78 is 0. The highest BCUT2D eigenvalue weighted by Gasteiger charge is 2.44. The van der Waals surface area contributed by atoms with Crippen LogP contribution >= 0.6 is 0 Å². The second-order valence-corrected chi connectivity index (χ2v) is 6.21. The van der Waals surface area contributed by atoms with Crippen LogP contribution in [0.5, 0.6) is 0 Å². The molecule has 0 radical (unpaired) electrons. The molecule has 122 valence electrons. The highest BCUT2D eigenvalue weighted by molar-refractivity contribution is 5.94. The van der Waals surface area contributed by atoms with Crippen LogP contribution in [0.3, 0.4) is 0 Å². The van der Waals surface area contributed by atoms with Crippen molar-refractivity contribution in [1.82, 2.24) is 4.90 Å². The maximum absolute atomic E-state index is 12.7. The molecule has 1 aliphatic rings. The zero-order valence-electron chi connectivity index (χ0n) is 13.5. The summed E-state index contributed by atoms with van der Waals surface area (Å²) in [6.07, 6.45) is 1.78. The third-order valence-corrected chi connectivity index (χ3v) is 4.52. The summed E-state index contributed by atoms with van der Waals surface area (Å²) >= 11 is 0. The van der Waals surface area contributed by atoms with Crippen LogP contribution in [0.25, 0.3) is 0 Å². The molecule has 1 amide bonds. The minimum atomic E-state index is -0.337. The Morgan fingerprint density at radius 2 is 1.79 bits per heavy atom. The summed E-state index contributed by atoms with van der Waals surface area (Å²) in [6, 6.07) is 19.4. The third kappa shape index (κ3) is 3.32. The Kier molecular flexibility index (Phi) is 4.64. The molecule has 2 aromatic rings. The van der Waals surface area contributed by atoms with Gasteiger partial charge in [0, 0.05) is 18.7 Å². The molecular formula is C20H20N2O2. The third-order valence-electron chi connectivity index (χ3n) is 4.52. The minimum Gasteiger partial charge on any atom is -0.395 e. The molecule has 0 bridgehead atoms. The average molecular weight is 320 g/mol. The Morgan fingerprint density at radius 1 is 1.12 bits per heavy atom. The van der Waals surface area contributed by atoms with Crippen LogP contribution in [0.15, 0.2) is 54.6 Å². The van der Waals surface area contributed by atoms with Crippen LogP contribution in [0.1, 0.15) is 34.3 Å². The van der Waals surface area contributed by atoms with Crippen molar-refractivity contribution >= 4 is 5.91 Å². The number of carbonyl (C=O) groups excluding carboxylic acids is 1. The number of benzene rings is 2. The van der Waals surface area contributed by atoms with E-state index in [4.69, 9.17) is 0 Å². The van der Waals surface area contributed by atoms with Crippen molar-refractivity contribution in [1.29, 1.82) is 5.26 Å². The Bertz CT molecular complexity index is 743. The first-order chi connectivity index (χ1) is 11.7. The van der Waals surface area contributed by atoms with Gasteiger partial charge in [0.25, 0.3) is 5.91 Å². The molecule has 0 aliphatic heterocycles. The Hall–Kier alpha value is -2.64. The molecule has 1 N–H and O–H groups in total. The molecule has 24 heavy (non-hydrogen) atoms. The van der Waals surface area contributed by atoms with E-state index in [9.17, 15) is 15.2 Å². The first-order valence-corrected chi connectivity index (χ1v) is 8.14. The van der Waals surface area contributed by atoms with Crippen LogP contribution in [0.4, 0.5) is 0 Å². The monoisotopic (exact) mass is 320 g/mol. The quantitative estimate of drug-likeness (QED) is 0.890. The largest absolute Gasteiger partial charge is 0.395 e. The zero-order valence-corrected chi connectivity index (χ0v) is 13.5. The second kappa shape index (κ2) is 6.86. The predicted molar refractivity (Wildman–Crippen MR) is 91.2 cm³/mol. The van der Waals surface area contributed by atoms with Crippen LogP contribution in [-0.4, -0.2) is 29.1 Å². The van der Waals surface area contributed by atoms with Gasteiger partial charge in [-0.2, -0.15) is 5.26 Å². The first-order valence-electron chi connectivity index (χ1n) is 8.14. The van der Waals surface area contributed by atoms with Crippen molar-refractivity contribution in [2.24, 2.45) is 0 Å². The van der Waals surface area contributed by atoms with E-state index in [0.717, 1.165) is 24.0 Å². The lowest BCUT2D eigenvalue weighted by molar-refractivity contribution is 0.0708. The molecule has 1 fully saturated rings. The standard InChI is InChI=1S/C20H20N2O2/c21-15-20(10-11-20)18-8-6-17(7-9-18)19(24)22(12-13-23)14-16-4-2-1-3-5-16/h1-9,23H,10-14H2. The molecular weight excluding hydrogens is 300 g/mol. The van der Waals surface area contributed by atoms with E-state index in [0.29, 0.717) is 12.1 Å². The molecule has 0 heterocycles. The van der Waals surface area contributed by atoms with Crippen LogP contribution in [0.2, 0.25) is 0 Å². The summed E-state index contributed by atoms with van der Waals surface area (Å²) in [7, 11) is 0. The van der Waals surface area contributed by atoms with Crippen molar-refractivity contribution in [3.8, 4) is 6.07 Å². The molecule has 3 rings (SSSR count). The van der Waals surface area contributed by atoms with E-state index in [1.165, 1.54) is 0 Å². The molecule has 0 atom stereocenters. The molecule has 2 aromatic carbocycles. The van der Waals surface area contributed by atoms with Crippen molar-refractivity contribution in [2.75, 3.05) is 13.2 Å². The molecule has 0 saturated heterocycles. The fourth-order valence-electron chi connectivity index (χ4n) is 2.88. The van der Waals surface area contributed by atoms with E-state index < -0.39 is 0 Å². The van der Waals surface area contributed by atoms with E-state index >= 15 is 0 Å². The highest BCUT2D eigenvalue weighted by atomic mass is 16.3. The number of nitrogens with zero attached hydrogens (tertiary/aromatic N) is 2. The van der Waals surface area contributed by atoms with Crippen molar-refractivity contribution in [3.05, 3.63) is 71.3 Å². The highest BCUT2D eigenvalue weighted by Crippen LogP contribution is 2.47. The molecule has 4 heteroatoms. The van der Waals surface area contributed by atoms with E-state index in [2.05, 4.69) is 6.07 Å². The SMILES string of the molecule is N#CC1(c2ccc(C(=O)N(CCO)Cc3ccccc3)cc2)CC1. The maximum Gasteiger partial charge on any atom is 0.254 e. The van der Waals surface area contributed by atoms with Crippen LogP contribution < -0.4 is 0 Å². The Morgan fingerprint density at radius 3 is 2.33 bits per heavy atom. The Balaban J connectivity index is 1.76. The number of hydrogen-bond donors (Lipinski definition) is 1. The summed E-state index contributed by atoms with van der Waals surface area (Å²) in [5.41, 5.74) is 2.25. The lowest BCUT2D eigenvalue weighted by atomic mass is 9.96. The van der Waals surface area contributed by atoms with Gasteiger partial charge in [-0.05, 0) is 36.1 Å². The summed E-state index contributed by atoms with van der Waals surface area (Å²) in [6.45, 7) is 0.677. The van der Waals surface area contributed by atoms with Crippen LogP contribution in [0, 0.1) is 11.3 Å². The number of rotatable bonds is 6. The number of hydrogen-bond acceptors (Lipinski definition) is 3. The van der Waals surface area contributed by atoms with Gasteiger partial charge < -0.3 is 10.0 Å². The van der Waals surface area contributed by atoms with Gasteiger partial charge in [0.1, 0.15) is 0 Å². The Labute approximate surface area is 142 Å². The number of aliphatic hydroxyl groups excluding tert-OH is 1. The average Bonchev–Trinajstić information content (AvgIpc) is 3.43. The second-order valence-electron chi connectivity index (χ2n) is 6.21. The number of amides is 1. The molecule has 1 saturated carbocycles.